The van der Waals surface area contributed by atoms with Crippen LogP contribution in [0.15, 0.2) is 4.99 Å². The zero-order valence-electron chi connectivity index (χ0n) is 63.8. The van der Waals surface area contributed by atoms with E-state index in [2.05, 4.69) is 74.1 Å². The zero-order chi connectivity index (χ0) is 84.9. The summed E-state index contributed by atoms with van der Waals surface area (Å²) in [7, 11) is 0. The Bertz CT molecular complexity index is 3190. The fourth-order valence-electron chi connectivity index (χ4n) is 10.1. The molecule has 0 heterocycles. The maximum Gasteiger partial charge on any atom is 0.326 e. The first-order valence-corrected chi connectivity index (χ1v) is 39.7. The summed E-state index contributed by atoms with van der Waals surface area (Å²) in [5.41, 5.74) is 38.5. The van der Waals surface area contributed by atoms with E-state index in [0.29, 0.717) is 5.75 Å². The van der Waals surface area contributed by atoms with Crippen LogP contribution >= 0.6 is 35.3 Å². The number of carbonyl (C=O) groups excluding carboxylic acids is 17. The van der Waals surface area contributed by atoms with Crippen molar-refractivity contribution in [3.63, 3.8) is 0 Å². The number of thioether (sulfide) groups is 3. The molecule has 0 aliphatic heterocycles. The highest BCUT2D eigenvalue weighted by Crippen LogP contribution is 2.14. The summed E-state index contributed by atoms with van der Waals surface area (Å²) in [5, 5.41) is 71.7. The van der Waals surface area contributed by atoms with Gasteiger partial charge in [-0.1, -0.05) is 27.7 Å². The van der Waals surface area contributed by atoms with Gasteiger partial charge in [-0.15, -0.1) is 0 Å². The predicted molar refractivity (Wildman–Crippen MR) is 409 cm³/mol. The minimum atomic E-state index is -1.99. The number of rotatable bonds is 58. The van der Waals surface area contributed by atoms with Gasteiger partial charge in [0, 0.05) is 32.2 Å². The van der Waals surface area contributed by atoms with Gasteiger partial charge in [-0.25, -0.2) is 4.79 Å². The molecule has 0 rings (SSSR count). The highest BCUT2D eigenvalue weighted by atomic mass is 32.2. The topological polar surface area (TPSA) is 739 Å². The molecule has 46 heteroatoms. The number of amides is 17. The van der Waals surface area contributed by atoms with E-state index in [1.165, 1.54) is 56.1 Å². The Morgan fingerprint density at radius 3 is 0.964 bits per heavy atom. The van der Waals surface area contributed by atoms with Gasteiger partial charge in [-0.2, -0.15) is 35.3 Å². The first-order chi connectivity index (χ1) is 52.0. The Morgan fingerprint density at radius 1 is 0.351 bits per heavy atom. The number of nitrogens with two attached hydrogens (primary N) is 7. The average molecular weight is 1640 g/mol. The quantitative estimate of drug-likeness (QED) is 0.0153. The number of carboxylic acids is 1. The molecule has 0 aromatic rings. The van der Waals surface area contributed by atoms with Crippen LogP contribution in [0, 0.1) is 11.8 Å². The molecule has 0 aliphatic rings. The molecule has 0 radical (unpaired) electrons. The van der Waals surface area contributed by atoms with Crippen molar-refractivity contribution >= 4 is 148 Å². The van der Waals surface area contributed by atoms with Crippen molar-refractivity contribution in [3.05, 3.63) is 0 Å². The Labute approximate surface area is 655 Å². The second-order valence-electron chi connectivity index (χ2n) is 26.6. The number of aliphatic hydroxyl groups is 3. The van der Waals surface area contributed by atoms with E-state index in [4.69, 9.17) is 40.1 Å². The first-order valence-electron chi connectivity index (χ1n) is 35.5. The molecule has 0 unspecified atom stereocenters. The van der Waals surface area contributed by atoms with Gasteiger partial charge in [0.05, 0.1) is 25.4 Å². The van der Waals surface area contributed by atoms with Crippen molar-refractivity contribution in [2.24, 2.45) is 57.0 Å². The highest BCUT2D eigenvalue weighted by molar-refractivity contribution is 7.99. The molecule has 43 nitrogen and oxygen atoms in total. The molecule has 17 amide bonds. The Morgan fingerprint density at radius 2 is 0.631 bits per heavy atom. The highest BCUT2D eigenvalue weighted by Gasteiger charge is 2.39. The van der Waals surface area contributed by atoms with Crippen LogP contribution in [-0.2, 0) is 86.3 Å². The summed E-state index contributed by atoms with van der Waals surface area (Å²) >= 11 is 3.72. The molecule has 0 aromatic heterocycles. The van der Waals surface area contributed by atoms with Crippen LogP contribution in [0.4, 0.5) is 0 Å². The molecule has 111 heavy (non-hydrogen) atoms. The van der Waals surface area contributed by atoms with E-state index < -0.39 is 268 Å². The smallest absolute Gasteiger partial charge is 0.326 e. The summed E-state index contributed by atoms with van der Waals surface area (Å²) < 4.78 is 0. The van der Waals surface area contributed by atoms with Crippen LogP contribution in [0.2, 0.25) is 0 Å². The van der Waals surface area contributed by atoms with Gasteiger partial charge in [0.2, 0.25) is 100 Å². The molecule has 0 saturated heterocycles. The summed E-state index contributed by atoms with van der Waals surface area (Å²) in [6.45, 7) is 6.71. The Balaban J connectivity index is 7.06. The molecule has 0 bridgehead atoms. The number of nitrogens with zero attached hydrogens (tertiary/aromatic N) is 1. The van der Waals surface area contributed by atoms with Crippen LogP contribution in [0.1, 0.15) is 131 Å². The number of hydrogen-bond acceptors (Lipinski definition) is 26. The molecule has 0 aromatic carbocycles. The van der Waals surface area contributed by atoms with Gasteiger partial charge >= 0.3 is 5.97 Å². The second kappa shape index (κ2) is 54.3. The van der Waals surface area contributed by atoms with Crippen LogP contribution < -0.4 is 109 Å². The maximum atomic E-state index is 14.4. The Kier molecular flexibility index (Phi) is 49.7. The molecular weight excluding hydrogens is 1520 g/mol. The average Bonchev–Trinajstić information content (AvgIpc) is 0.856. The van der Waals surface area contributed by atoms with E-state index in [1.807, 2.05) is 0 Å². The van der Waals surface area contributed by atoms with Crippen LogP contribution in [0.3, 0.4) is 0 Å². The number of nitrogens with one attached hydrogen (secondary N) is 13. The number of guanidine groups is 1. The summed E-state index contributed by atoms with van der Waals surface area (Å²) in [4.78, 5) is 244. The number of aliphatic hydroxyl groups excluding tert-OH is 3. The fourth-order valence-corrected chi connectivity index (χ4v) is 11.5. The largest absolute Gasteiger partial charge is 0.480 e. The van der Waals surface area contributed by atoms with Crippen molar-refractivity contribution in [2.75, 3.05) is 55.8 Å². The first kappa shape index (κ1) is 102. The monoisotopic (exact) mass is 1640 g/mol. The lowest BCUT2D eigenvalue weighted by Crippen LogP contribution is -2.62. The number of carbonyl (C=O) groups is 18. The minimum Gasteiger partial charge on any atom is -0.480 e. The minimum absolute atomic E-state index is 0.00510. The van der Waals surface area contributed by atoms with E-state index in [1.54, 1.807) is 32.6 Å². The molecule has 0 saturated carbocycles. The molecular formula is C65H115N21O22S3. The third kappa shape index (κ3) is 41.5. The molecule has 0 aliphatic carbocycles. The van der Waals surface area contributed by atoms with Crippen LogP contribution in [0.25, 0.3) is 0 Å². The van der Waals surface area contributed by atoms with E-state index in [-0.39, 0.29) is 68.5 Å². The Hall–Kier alpha value is -9.38. The predicted octanol–water partition coefficient (Wildman–Crippen LogP) is -9.84. The van der Waals surface area contributed by atoms with Crippen molar-refractivity contribution in [1.29, 1.82) is 0 Å². The van der Waals surface area contributed by atoms with Gasteiger partial charge in [-0.3, -0.25) is 86.5 Å². The van der Waals surface area contributed by atoms with E-state index >= 15 is 0 Å². The second-order valence-corrected chi connectivity index (χ2v) is 29.5. The zero-order valence-corrected chi connectivity index (χ0v) is 66.3. The lowest BCUT2D eigenvalue weighted by molar-refractivity contribution is -0.142. The third-order valence-electron chi connectivity index (χ3n) is 16.3. The number of aliphatic carboxylic acids is 1. The van der Waals surface area contributed by atoms with Crippen molar-refractivity contribution in [1.82, 2.24) is 69.1 Å². The number of aliphatic imine (C=N–C) groups is 1. The number of primary amides is 4. The summed E-state index contributed by atoms with van der Waals surface area (Å²) in [5.74, 6) is -19.6. The summed E-state index contributed by atoms with van der Waals surface area (Å²) in [6, 6.07) is -22.5. The third-order valence-corrected chi connectivity index (χ3v) is 18.2. The van der Waals surface area contributed by atoms with Crippen molar-refractivity contribution < 1.29 is 107 Å². The lowest BCUT2D eigenvalue weighted by atomic mass is 10.0. The van der Waals surface area contributed by atoms with Gasteiger partial charge in [0.25, 0.3) is 0 Å². The van der Waals surface area contributed by atoms with Crippen LogP contribution in [-0.4, -0.2) is 279 Å². The number of carboxylic acid groups (broad SMARTS) is 1. The standard InChI is InChI=1S/C65H115N21O22S3/c1-30(2)27-34(66)52(95)83-43(28-87)60(103)84-44(29-88)61(104)85-49(31(3)4)62(105)80-36(12-16-45(67)90)53(96)74-32(5)51(94)75-40(20-24-109-7)57(100)76-35(11-10-23-73-65(71)72)59(102)86-50(33(6)89)63(106)81-39(15-19-48(70)93)55(98)79-41(21-25-110-8)58(101)78-37(13-17-46(68)91)54(97)77-38(14-18-47(69)92)56(99)82-42(64(107)108)22-26-111-9/h30-44,49-50,87-89H,10-29,66H2,1-9H3,(H2,67,90)(H2,68,91)(H2,69,92)(H2,70,93)(H,74,96)(H,75,94)(H,76,100)(H,77,97)(H,78,101)(H,79,98)(H,80,105)(H,81,106)(H,82,99)(H,83,95)(H,84,103)(H,85,104)(H,86,102)(H,107,108)(H4,71,72,73)/t32-,33+,34-,35-,36-,37-,38-,39-,40-,41-,42-,43-,44-,49-,50-/m0/s1. The van der Waals surface area contributed by atoms with Crippen LogP contribution in [0.5, 0.6) is 0 Å². The van der Waals surface area contributed by atoms with Crippen molar-refractivity contribution in [2.45, 2.75) is 222 Å². The summed E-state index contributed by atoms with van der Waals surface area (Å²) in [6.07, 6.45) is -1.40. The van der Waals surface area contributed by atoms with Gasteiger partial charge < -0.3 is 130 Å². The molecule has 0 spiro atoms. The maximum absolute atomic E-state index is 14.4. The molecule has 31 N–H and O–H groups in total. The lowest BCUT2D eigenvalue weighted by Gasteiger charge is -2.29. The van der Waals surface area contributed by atoms with Gasteiger partial charge in [0.1, 0.15) is 78.5 Å². The molecule has 15 atom stereocenters. The number of hydrogen-bond donors (Lipinski definition) is 24. The van der Waals surface area contributed by atoms with Gasteiger partial charge in [-0.05, 0) is 126 Å². The molecule has 630 valence electrons. The normalized spacial score (nSPS) is 15.2. The SMILES string of the molecule is CSCC[C@H](NC(=O)[C@H](CCC(N)=O)NC(=O)[C@H](CCC(N)=O)NC(=O)[C@H](CCSC)NC(=O)[C@H](CCC(N)=O)NC(=O)[C@@H](NC(=O)[C@H](CCCN=C(N)N)NC(=O)[C@H](CCSC)NC(=O)[C@H](C)NC(=O)[C@H](CCC(N)=O)NC(=O)[C@@H](NC(=O)[C@H](CO)NC(=O)[C@H](CO)NC(=O)[C@@H](N)CC(C)C)C(C)C)[C@@H](C)O)C(=O)O. The molecule has 0 fully saturated rings. The van der Waals surface area contributed by atoms with Crippen molar-refractivity contribution in [3.8, 4) is 0 Å². The van der Waals surface area contributed by atoms with E-state index in [9.17, 15) is 107 Å². The van der Waals surface area contributed by atoms with E-state index in [0.717, 1.165) is 6.92 Å². The fraction of sp³-hybridized carbons (Fsp3) is 0.708. The van der Waals surface area contributed by atoms with Gasteiger partial charge in [0.15, 0.2) is 5.96 Å².